The summed E-state index contributed by atoms with van der Waals surface area (Å²) in [6, 6.07) is 15.7. The van der Waals surface area contributed by atoms with Crippen LogP contribution in [0.25, 0.3) is 22.5 Å². The third kappa shape index (κ3) is 4.30. The maximum Gasteiger partial charge on any atom is 0.416 e. The fourth-order valence-electron chi connectivity index (χ4n) is 2.94. The fraction of sp³-hybridized carbons (Fsp3) is 0.227. The first kappa shape index (κ1) is 19.0. The first-order valence-electron chi connectivity index (χ1n) is 8.80. The van der Waals surface area contributed by atoms with Gasteiger partial charge in [-0.3, -0.25) is 0 Å². The summed E-state index contributed by atoms with van der Waals surface area (Å²) >= 11 is 0. The summed E-state index contributed by atoms with van der Waals surface area (Å²) in [5.41, 5.74) is 1.25. The Morgan fingerprint density at radius 3 is 2.19 bits per heavy atom. The smallest absolute Gasteiger partial charge is 0.416 e. The lowest BCUT2D eigenvalue weighted by molar-refractivity contribution is -0.137. The number of aryl methyl sites for hydroxylation is 1. The van der Waals surface area contributed by atoms with Gasteiger partial charge in [-0.25, -0.2) is 4.79 Å². The Morgan fingerprint density at radius 2 is 1.59 bits per heavy atom. The van der Waals surface area contributed by atoms with Gasteiger partial charge in [-0.05, 0) is 42.2 Å². The summed E-state index contributed by atoms with van der Waals surface area (Å²) in [6.45, 7) is 2.05. The van der Waals surface area contributed by atoms with Gasteiger partial charge in [0.1, 0.15) is 5.76 Å². The van der Waals surface area contributed by atoms with Crippen LogP contribution in [0.1, 0.15) is 30.9 Å². The second-order valence-corrected chi connectivity index (χ2v) is 6.35. The summed E-state index contributed by atoms with van der Waals surface area (Å²) in [6.07, 6.45) is -1.89. The Bertz CT molecular complexity index is 956. The Balaban J connectivity index is 2.09. The van der Waals surface area contributed by atoms with Crippen LogP contribution in [-0.2, 0) is 12.6 Å². The average Bonchev–Trinajstić information content (AvgIpc) is 2.67. The highest BCUT2D eigenvalue weighted by Gasteiger charge is 2.30. The molecule has 0 atom stereocenters. The highest BCUT2D eigenvalue weighted by atomic mass is 19.4. The highest BCUT2D eigenvalue weighted by molar-refractivity contribution is 5.68. The molecule has 3 aromatic rings. The van der Waals surface area contributed by atoms with Crippen LogP contribution in [0.4, 0.5) is 13.2 Å². The molecule has 0 saturated carbocycles. The van der Waals surface area contributed by atoms with E-state index in [2.05, 4.69) is 6.92 Å². The van der Waals surface area contributed by atoms with E-state index in [-0.39, 0.29) is 0 Å². The predicted molar refractivity (Wildman–Crippen MR) is 99.5 cm³/mol. The molecule has 0 aliphatic heterocycles. The minimum atomic E-state index is -4.40. The molecule has 5 heteroatoms. The second kappa shape index (κ2) is 7.82. The molecule has 3 rings (SSSR count). The first-order chi connectivity index (χ1) is 12.9. The lowest BCUT2D eigenvalue weighted by Crippen LogP contribution is -2.07. The zero-order chi connectivity index (χ0) is 19.4. The van der Waals surface area contributed by atoms with E-state index in [1.54, 1.807) is 6.07 Å². The van der Waals surface area contributed by atoms with E-state index in [9.17, 15) is 18.0 Å². The SMILES string of the molecule is CCCCc1cc(-c2ccccc2)c(=O)oc1-c1ccc(C(F)(F)F)cc1. The van der Waals surface area contributed by atoms with Crippen LogP contribution in [0.5, 0.6) is 0 Å². The predicted octanol–water partition coefficient (Wildman–Crippen LogP) is 6.34. The molecule has 0 aliphatic rings. The van der Waals surface area contributed by atoms with Crippen molar-refractivity contribution in [3.8, 4) is 22.5 Å². The average molecular weight is 372 g/mol. The lowest BCUT2D eigenvalue weighted by Gasteiger charge is -2.12. The molecule has 0 aliphatic carbocycles. The highest BCUT2D eigenvalue weighted by Crippen LogP contribution is 2.32. The third-order valence-corrected chi connectivity index (χ3v) is 4.38. The molecule has 27 heavy (non-hydrogen) atoms. The first-order valence-corrected chi connectivity index (χ1v) is 8.80. The number of rotatable bonds is 5. The van der Waals surface area contributed by atoms with Gasteiger partial charge in [-0.1, -0.05) is 55.8 Å². The van der Waals surface area contributed by atoms with Crippen molar-refractivity contribution in [2.75, 3.05) is 0 Å². The van der Waals surface area contributed by atoms with E-state index in [4.69, 9.17) is 4.42 Å². The fourth-order valence-corrected chi connectivity index (χ4v) is 2.94. The Hall–Kier alpha value is -2.82. The number of unbranched alkanes of at least 4 members (excludes halogenated alkanes) is 1. The van der Waals surface area contributed by atoms with Crippen LogP contribution in [-0.4, -0.2) is 0 Å². The van der Waals surface area contributed by atoms with Gasteiger partial charge in [-0.2, -0.15) is 13.2 Å². The van der Waals surface area contributed by atoms with Crippen LogP contribution in [0.2, 0.25) is 0 Å². The van der Waals surface area contributed by atoms with Gasteiger partial charge >= 0.3 is 11.8 Å². The van der Waals surface area contributed by atoms with E-state index < -0.39 is 17.4 Å². The molecular formula is C22H19F3O2. The van der Waals surface area contributed by atoms with Crippen LogP contribution < -0.4 is 5.63 Å². The summed E-state index contributed by atoms with van der Waals surface area (Å²) in [5, 5.41) is 0. The van der Waals surface area contributed by atoms with Crippen molar-refractivity contribution in [3.05, 3.63) is 82.2 Å². The van der Waals surface area contributed by atoms with Crippen LogP contribution in [0.15, 0.2) is 69.9 Å². The lowest BCUT2D eigenvalue weighted by atomic mass is 9.98. The van der Waals surface area contributed by atoms with Crippen LogP contribution in [0.3, 0.4) is 0 Å². The molecule has 0 N–H and O–H groups in total. The van der Waals surface area contributed by atoms with Gasteiger partial charge < -0.3 is 4.42 Å². The monoisotopic (exact) mass is 372 g/mol. The van der Waals surface area contributed by atoms with Crippen molar-refractivity contribution in [2.24, 2.45) is 0 Å². The molecule has 0 amide bonds. The van der Waals surface area contributed by atoms with E-state index in [1.807, 2.05) is 30.3 Å². The minimum Gasteiger partial charge on any atom is -0.422 e. The maximum absolute atomic E-state index is 12.8. The number of alkyl halides is 3. The van der Waals surface area contributed by atoms with Gasteiger partial charge in [0, 0.05) is 5.56 Å². The molecule has 140 valence electrons. The van der Waals surface area contributed by atoms with E-state index in [1.165, 1.54) is 12.1 Å². The minimum absolute atomic E-state index is 0.335. The molecule has 2 nitrogen and oxygen atoms in total. The molecule has 2 aromatic carbocycles. The van der Waals surface area contributed by atoms with Gasteiger partial charge in [0.25, 0.3) is 0 Å². The van der Waals surface area contributed by atoms with Crippen LogP contribution >= 0.6 is 0 Å². The molecule has 1 heterocycles. The van der Waals surface area contributed by atoms with Gasteiger partial charge in [0.15, 0.2) is 0 Å². The van der Waals surface area contributed by atoms with Crippen molar-refractivity contribution < 1.29 is 17.6 Å². The molecule has 0 saturated heterocycles. The molecule has 1 aromatic heterocycles. The number of hydrogen-bond acceptors (Lipinski definition) is 2. The van der Waals surface area contributed by atoms with E-state index in [0.717, 1.165) is 36.1 Å². The molecule has 0 fully saturated rings. The van der Waals surface area contributed by atoms with Crippen molar-refractivity contribution in [1.82, 2.24) is 0 Å². The Morgan fingerprint density at radius 1 is 0.926 bits per heavy atom. The Kier molecular flexibility index (Phi) is 5.49. The van der Waals surface area contributed by atoms with Crippen molar-refractivity contribution in [3.63, 3.8) is 0 Å². The summed E-state index contributed by atoms with van der Waals surface area (Å²) in [4.78, 5) is 12.5. The zero-order valence-corrected chi connectivity index (χ0v) is 14.8. The van der Waals surface area contributed by atoms with Gasteiger partial charge in [0.05, 0.1) is 11.1 Å². The molecular weight excluding hydrogens is 353 g/mol. The van der Waals surface area contributed by atoms with E-state index in [0.29, 0.717) is 23.3 Å². The summed E-state index contributed by atoms with van der Waals surface area (Å²) < 4.78 is 44.0. The Labute approximate surface area is 155 Å². The largest absolute Gasteiger partial charge is 0.422 e. The standard InChI is InChI=1S/C22H19F3O2/c1-2-3-7-17-14-19(15-8-5-4-6-9-15)21(26)27-20(17)16-10-12-18(13-11-16)22(23,24)25/h4-6,8-14H,2-3,7H2,1H3. The number of halogens is 3. The van der Waals surface area contributed by atoms with E-state index >= 15 is 0 Å². The second-order valence-electron chi connectivity index (χ2n) is 6.35. The van der Waals surface area contributed by atoms with Crippen LogP contribution in [0, 0.1) is 0 Å². The quantitative estimate of drug-likeness (QED) is 0.523. The van der Waals surface area contributed by atoms with Crippen molar-refractivity contribution in [1.29, 1.82) is 0 Å². The third-order valence-electron chi connectivity index (χ3n) is 4.38. The summed E-state index contributed by atoms with van der Waals surface area (Å²) in [7, 11) is 0. The molecule has 0 unspecified atom stereocenters. The maximum atomic E-state index is 12.8. The molecule has 0 bridgehead atoms. The number of benzene rings is 2. The number of hydrogen-bond donors (Lipinski definition) is 0. The zero-order valence-electron chi connectivity index (χ0n) is 14.8. The van der Waals surface area contributed by atoms with Gasteiger partial charge in [0.2, 0.25) is 0 Å². The topological polar surface area (TPSA) is 30.2 Å². The summed E-state index contributed by atoms with van der Waals surface area (Å²) in [5.74, 6) is 0.335. The van der Waals surface area contributed by atoms with Crippen molar-refractivity contribution >= 4 is 0 Å². The van der Waals surface area contributed by atoms with Gasteiger partial charge in [-0.15, -0.1) is 0 Å². The molecule has 0 spiro atoms. The normalized spacial score (nSPS) is 11.6. The van der Waals surface area contributed by atoms with Crippen molar-refractivity contribution in [2.45, 2.75) is 32.4 Å². The molecule has 0 radical (unpaired) electrons.